The van der Waals surface area contributed by atoms with Crippen molar-refractivity contribution in [2.45, 2.75) is 59.8 Å². The van der Waals surface area contributed by atoms with Gasteiger partial charge in [0.05, 0.1) is 6.42 Å². The minimum absolute atomic E-state index is 0. The summed E-state index contributed by atoms with van der Waals surface area (Å²) < 4.78 is 54.0. The lowest BCUT2D eigenvalue weighted by molar-refractivity contribution is -0.136. The van der Waals surface area contributed by atoms with Gasteiger partial charge in [0.1, 0.15) is 23.3 Å². The number of carboxylic acids is 1. The van der Waals surface area contributed by atoms with Gasteiger partial charge in [-0.25, -0.2) is 17.6 Å². The Kier molecular flexibility index (Phi) is 18.0. The van der Waals surface area contributed by atoms with Gasteiger partial charge in [-0.3, -0.25) is 4.79 Å². The molecule has 6 aromatic rings. The highest BCUT2D eigenvalue weighted by molar-refractivity contribution is 6.36. The SMILES string of the molecule is C.CCc1cc(F)ccc1Cc1c(Cl)cccc1Cl.CCc1ccccc1Cc1c(F)cccc1Cl.O=C(O)Cc1ccccc1Cc1c(F)cccc1F. The van der Waals surface area contributed by atoms with Gasteiger partial charge in [0, 0.05) is 45.5 Å². The predicted octanol–water partition coefficient (Wildman–Crippen LogP) is 13.7. The molecule has 55 heavy (non-hydrogen) atoms. The zero-order valence-corrected chi connectivity index (χ0v) is 32.1. The second kappa shape index (κ2) is 22.1. The lowest BCUT2D eigenvalue weighted by atomic mass is 9.97. The Hall–Kier alpha value is -4.62. The first-order valence-electron chi connectivity index (χ1n) is 17.3. The molecule has 0 amide bonds. The Balaban J connectivity index is 0.000000220. The Morgan fingerprint density at radius 3 is 1.42 bits per heavy atom. The van der Waals surface area contributed by atoms with Crippen molar-refractivity contribution in [2.75, 3.05) is 0 Å². The third kappa shape index (κ3) is 13.0. The number of aryl methyl sites for hydroxylation is 2. The Morgan fingerprint density at radius 2 is 0.891 bits per heavy atom. The van der Waals surface area contributed by atoms with E-state index in [0.29, 0.717) is 44.6 Å². The summed E-state index contributed by atoms with van der Waals surface area (Å²) in [5, 5.41) is 10.6. The first kappa shape index (κ1) is 44.8. The molecule has 0 saturated heterocycles. The Morgan fingerprint density at radius 1 is 0.491 bits per heavy atom. The number of hydrogen-bond donors (Lipinski definition) is 1. The molecule has 0 heterocycles. The molecule has 0 spiro atoms. The third-order valence-electron chi connectivity index (χ3n) is 8.80. The fraction of sp³-hybridized carbons (Fsp3) is 0.196. The summed E-state index contributed by atoms with van der Waals surface area (Å²) in [4.78, 5) is 10.8. The number of carboxylic acid groups (broad SMARTS) is 1. The van der Waals surface area contributed by atoms with Crippen LogP contribution in [-0.2, 0) is 43.3 Å². The van der Waals surface area contributed by atoms with Gasteiger partial charge in [-0.05, 0) is 100 Å². The van der Waals surface area contributed by atoms with Crippen LogP contribution in [0.25, 0.3) is 0 Å². The first-order chi connectivity index (χ1) is 25.9. The van der Waals surface area contributed by atoms with E-state index in [0.717, 1.165) is 35.1 Å². The molecule has 0 unspecified atom stereocenters. The zero-order valence-electron chi connectivity index (χ0n) is 29.8. The van der Waals surface area contributed by atoms with Crippen LogP contribution >= 0.6 is 34.8 Å². The van der Waals surface area contributed by atoms with Crippen molar-refractivity contribution in [3.05, 3.63) is 210 Å². The summed E-state index contributed by atoms with van der Waals surface area (Å²) in [7, 11) is 0. The highest BCUT2D eigenvalue weighted by Gasteiger charge is 2.14. The number of aliphatic carboxylic acids is 1. The molecule has 1 N–H and O–H groups in total. The summed E-state index contributed by atoms with van der Waals surface area (Å²) in [5.74, 6) is -2.65. The molecule has 288 valence electrons. The van der Waals surface area contributed by atoms with Crippen molar-refractivity contribution in [2.24, 2.45) is 0 Å². The average molecular weight is 810 g/mol. The summed E-state index contributed by atoms with van der Waals surface area (Å²) in [6.45, 7) is 4.11. The van der Waals surface area contributed by atoms with Crippen molar-refractivity contribution in [3.63, 3.8) is 0 Å². The topological polar surface area (TPSA) is 37.3 Å². The predicted molar refractivity (Wildman–Crippen MR) is 219 cm³/mol. The van der Waals surface area contributed by atoms with E-state index in [4.69, 9.17) is 39.9 Å². The number of carbonyl (C=O) groups is 1. The molecule has 0 saturated carbocycles. The molecule has 2 nitrogen and oxygen atoms in total. The van der Waals surface area contributed by atoms with Crippen LogP contribution in [0.5, 0.6) is 0 Å². The second-order valence-electron chi connectivity index (χ2n) is 12.4. The lowest BCUT2D eigenvalue weighted by Gasteiger charge is -2.11. The van der Waals surface area contributed by atoms with Crippen LogP contribution in [0.4, 0.5) is 17.6 Å². The van der Waals surface area contributed by atoms with Gasteiger partial charge < -0.3 is 5.11 Å². The van der Waals surface area contributed by atoms with Crippen LogP contribution in [0.3, 0.4) is 0 Å². The zero-order chi connectivity index (χ0) is 39.2. The van der Waals surface area contributed by atoms with Gasteiger partial charge in [-0.1, -0.05) is 129 Å². The summed E-state index contributed by atoms with van der Waals surface area (Å²) in [5.41, 5.74) is 7.05. The van der Waals surface area contributed by atoms with Crippen LogP contribution in [-0.4, -0.2) is 11.1 Å². The fourth-order valence-electron chi connectivity index (χ4n) is 5.91. The standard InChI is InChI=1S/C15H13Cl2F.C15H14ClF.C15H12F2O2.CH4/c1-2-10-8-12(18)7-6-11(10)9-13-14(16)4-3-5-15(13)17;1-2-11-6-3-4-7-12(11)10-13-14(16)8-5-9-15(13)17;16-13-6-3-7-14(17)12(13)8-10-4-1-2-5-11(10)9-15(18)19;/h3-8H,2,9H2,1H3;3-9H,2,10H2,1H3;1-7H,8-9H2,(H,18,19);1H4. The summed E-state index contributed by atoms with van der Waals surface area (Å²) in [6.07, 6.45) is 2.79. The van der Waals surface area contributed by atoms with Crippen molar-refractivity contribution >= 4 is 40.8 Å². The van der Waals surface area contributed by atoms with E-state index in [1.165, 1.54) is 35.9 Å². The molecule has 0 aromatic heterocycles. The number of halogens is 7. The Bertz CT molecular complexity index is 2130. The maximum atomic E-state index is 13.7. The van der Waals surface area contributed by atoms with E-state index >= 15 is 0 Å². The molecular weight excluding hydrogens is 767 g/mol. The minimum Gasteiger partial charge on any atom is -0.481 e. The lowest BCUT2D eigenvalue weighted by Crippen LogP contribution is -2.05. The van der Waals surface area contributed by atoms with Gasteiger partial charge in [0.15, 0.2) is 0 Å². The van der Waals surface area contributed by atoms with Gasteiger partial charge in [0.25, 0.3) is 0 Å². The smallest absolute Gasteiger partial charge is 0.307 e. The normalized spacial score (nSPS) is 10.3. The van der Waals surface area contributed by atoms with Crippen molar-refractivity contribution in [3.8, 4) is 0 Å². The molecule has 0 aliphatic rings. The second-order valence-corrected chi connectivity index (χ2v) is 13.6. The van der Waals surface area contributed by atoms with E-state index in [-0.39, 0.29) is 37.5 Å². The molecular formula is C46H43Cl3F4O2. The molecule has 0 aliphatic carbocycles. The summed E-state index contributed by atoms with van der Waals surface area (Å²) >= 11 is 18.3. The highest BCUT2D eigenvalue weighted by Crippen LogP contribution is 2.29. The van der Waals surface area contributed by atoms with E-state index in [1.54, 1.807) is 48.5 Å². The molecule has 0 bridgehead atoms. The van der Waals surface area contributed by atoms with Crippen LogP contribution in [0, 0.1) is 23.3 Å². The maximum absolute atomic E-state index is 13.7. The largest absolute Gasteiger partial charge is 0.481 e. The molecule has 6 rings (SSSR count). The van der Waals surface area contributed by atoms with Crippen molar-refractivity contribution < 1.29 is 27.5 Å². The van der Waals surface area contributed by atoms with Gasteiger partial charge in [0.2, 0.25) is 0 Å². The third-order valence-corrected chi connectivity index (χ3v) is 9.86. The maximum Gasteiger partial charge on any atom is 0.307 e. The van der Waals surface area contributed by atoms with E-state index in [9.17, 15) is 22.4 Å². The Labute approximate surface area is 336 Å². The van der Waals surface area contributed by atoms with Crippen LogP contribution in [0.2, 0.25) is 15.1 Å². The fourth-order valence-corrected chi connectivity index (χ4v) is 6.67. The number of rotatable bonds is 10. The van der Waals surface area contributed by atoms with Gasteiger partial charge >= 0.3 is 5.97 Å². The number of benzene rings is 6. The molecule has 0 atom stereocenters. The van der Waals surface area contributed by atoms with Crippen LogP contribution < -0.4 is 0 Å². The molecule has 9 heteroatoms. The van der Waals surface area contributed by atoms with E-state index in [1.807, 2.05) is 43.3 Å². The van der Waals surface area contributed by atoms with Crippen molar-refractivity contribution in [1.82, 2.24) is 0 Å². The summed E-state index contributed by atoms with van der Waals surface area (Å²) in [6, 6.07) is 33.7. The van der Waals surface area contributed by atoms with Gasteiger partial charge in [-0.15, -0.1) is 0 Å². The van der Waals surface area contributed by atoms with E-state index < -0.39 is 17.6 Å². The van der Waals surface area contributed by atoms with Crippen LogP contribution in [0.1, 0.15) is 71.3 Å². The monoisotopic (exact) mass is 808 g/mol. The minimum atomic E-state index is -0.971. The van der Waals surface area contributed by atoms with Crippen molar-refractivity contribution in [1.29, 1.82) is 0 Å². The number of hydrogen-bond acceptors (Lipinski definition) is 1. The first-order valence-corrected chi connectivity index (χ1v) is 18.5. The average Bonchev–Trinajstić information content (AvgIpc) is 3.15. The molecule has 6 aromatic carbocycles. The molecule has 0 radical (unpaired) electrons. The molecule has 0 aliphatic heterocycles. The molecule has 0 fully saturated rings. The highest BCUT2D eigenvalue weighted by atomic mass is 35.5. The van der Waals surface area contributed by atoms with Gasteiger partial charge in [-0.2, -0.15) is 0 Å². The van der Waals surface area contributed by atoms with E-state index in [2.05, 4.69) is 13.0 Å². The quantitative estimate of drug-likeness (QED) is 0.140. The van der Waals surface area contributed by atoms with Crippen LogP contribution in [0.15, 0.2) is 121 Å².